The molecule has 0 saturated carbocycles. The molecule has 0 saturated heterocycles. The molecule has 0 aromatic carbocycles. The number of terminal acetylenes is 1. The first kappa shape index (κ1) is 13.9. The average molecular weight is 299 g/mol. The van der Waals surface area contributed by atoms with Crippen LogP contribution in [0.25, 0.3) is 10.2 Å². The zero-order valence-corrected chi connectivity index (χ0v) is 12.9. The van der Waals surface area contributed by atoms with Crippen molar-refractivity contribution < 1.29 is 4.79 Å². The number of thiophene rings is 1. The molecular weight excluding hydrogens is 282 g/mol. The number of nitrogen functional groups attached to an aromatic ring is 1. The van der Waals surface area contributed by atoms with Crippen LogP contribution in [0.4, 0.5) is 5.69 Å². The second kappa shape index (κ2) is 4.74. The van der Waals surface area contributed by atoms with Crippen molar-refractivity contribution >= 4 is 33.1 Å². The third kappa shape index (κ3) is 2.36. The van der Waals surface area contributed by atoms with Crippen LogP contribution in [0.3, 0.4) is 0 Å². The van der Waals surface area contributed by atoms with E-state index in [9.17, 15) is 4.79 Å². The highest BCUT2D eigenvalue weighted by Gasteiger charge is 2.24. The fourth-order valence-electron chi connectivity index (χ4n) is 2.54. The minimum Gasteiger partial charge on any atom is -0.397 e. The summed E-state index contributed by atoms with van der Waals surface area (Å²) in [6, 6.07) is 2.08. The normalized spacial score (nSPS) is 14.0. The van der Waals surface area contributed by atoms with Crippen LogP contribution < -0.4 is 11.1 Å². The van der Waals surface area contributed by atoms with Crippen molar-refractivity contribution in [2.24, 2.45) is 0 Å². The summed E-state index contributed by atoms with van der Waals surface area (Å²) in [5.41, 5.74) is 8.35. The van der Waals surface area contributed by atoms with Gasteiger partial charge in [0, 0.05) is 11.1 Å². The monoisotopic (exact) mass is 299 g/mol. The Morgan fingerprint density at radius 2 is 2.29 bits per heavy atom. The second-order valence-electron chi connectivity index (χ2n) is 5.87. The lowest BCUT2D eigenvalue weighted by Gasteiger charge is -2.19. The van der Waals surface area contributed by atoms with Crippen molar-refractivity contribution in [3.63, 3.8) is 0 Å². The maximum absolute atomic E-state index is 12.4. The number of nitrogens with one attached hydrogen (secondary N) is 1. The van der Waals surface area contributed by atoms with Gasteiger partial charge in [-0.15, -0.1) is 17.8 Å². The second-order valence-corrected chi connectivity index (χ2v) is 6.87. The molecule has 0 atom stereocenters. The van der Waals surface area contributed by atoms with Gasteiger partial charge in [-0.05, 0) is 44.7 Å². The highest BCUT2D eigenvalue weighted by atomic mass is 32.1. The molecule has 0 bridgehead atoms. The number of nitrogens with zero attached hydrogens (tertiary/aromatic N) is 1. The van der Waals surface area contributed by atoms with E-state index in [1.807, 2.05) is 0 Å². The predicted octanol–water partition coefficient (Wildman–Crippen LogP) is 2.51. The Kier molecular flexibility index (Phi) is 3.14. The van der Waals surface area contributed by atoms with Crippen LogP contribution >= 0.6 is 11.3 Å². The Labute approximate surface area is 127 Å². The fraction of sp³-hybridized carbons (Fsp3) is 0.375. The first-order valence-corrected chi connectivity index (χ1v) is 7.74. The van der Waals surface area contributed by atoms with Gasteiger partial charge >= 0.3 is 0 Å². The van der Waals surface area contributed by atoms with Crippen LogP contribution in [0, 0.1) is 12.3 Å². The van der Waals surface area contributed by atoms with Crippen molar-refractivity contribution in [2.75, 3.05) is 5.73 Å². The van der Waals surface area contributed by atoms with Gasteiger partial charge in [0.05, 0.1) is 11.2 Å². The number of nitrogens with two attached hydrogens (primary N) is 1. The molecule has 0 fully saturated rings. The van der Waals surface area contributed by atoms with Gasteiger partial charge in [0.2, 0.25) is 0 Å². The van der Waals surface area contributed by atoms with Crippen LogP contribution in [0.5, 0.6) is 0 Å². The summed E-state index contributed by atoms with van der Waals surface area (Å²) in [6.07, 6.45) is 8.60. The van der Waals surface area contributed by atoms with Gasteiger partial charge in [-0.3, -0.25) is 4.79 Å². The number of carbonyl (C=O) groups is 1. The van der Waals surface area contributed by atoms with E-state index >= 15 is 0 Å². The zero-order valence-electron chi connectivity index (χ0n) is 12.1. The molecule has 3 rings (SSSR count). The fourth-order valence-corrected chi connectivity index (χ4v) is 3.53. The SMILES string of the molecule is C#CC(C)(C)NC(=O)c1sc2nc3c(cc2c1N)CCC3. The number of anilines is 1. The summed E-state index contributed by atoms with van der Waals surface area (Å²) in [5, 5.41) is 3.69. The Morgan fingerprint density at radius 3 is 3.00 bits per heavy atom. The number of hydrogen-bond donors (Lipinski definition) is 2. The van der Waals surface area contributed by atoms with Crippen LogP contribution in [-0.4, -0.2) is 16.4 Å². The van der Waals surface area contributed by atoms with E-state index in [1.54, 1.807) is 13.8 Å². The summed E-state index contributed by atoms with van der Waals surface area (Å²) in [5.74, 6) is 2.31. The number of fused-ring (bicyclic) bond motifs is 2. The number of aryl methyl sites for hydroxylation is 2. The largest absolute Gasteiger partial charge is 0.397 e. The minimum absolute atomic E-state index is 0.237. The number of pyridine rings is 1. The Balaban J connectivity index is 2.03. The Morgan fingerprint density at radius 1 is 1.52 bits per heavy atom. The molecule has 0 unspecified atom stereocenters. The minimum atomic E-state index is -0.700. The topological polar surface area (TPSA) is 68.0 Å². The Bertz CT molecular complexity index is 783. The van der Waals surface area contributed by atoms with Gasteiger partial charge in [0.1, 0.15) is 9.71 Å². The molecule has 21 heavy (non-hydrogen) atoms. The van der Waals surface area contributed by atoms with Crippen molar-refractivity contribution in [3.8, 4) is 12.3 Å². The maximum atomic E-state index is 12.4. The molecule has 108 valence electrons. The molecule has 1 aliphatic rings. The van der Waals surface area contributed by atoms with E-state index in [0.29, 0.717) is 10.6 Å². The summed E-state index contributed by atoms with van der Waals surface area (Å²) >= 11 is 1.33. The maximum Gasteiger partial charge on any atom is 0.264 e. The first-order chi connectivity index (χ1) is 9.91. The van der Waals surface area contributed by atoms with Crippen molar-refractivity contribution in [1.82, 2.24) is 10.3 Å². The molecule has 1 aliphatic carbocycles. The molecule has 0 radical (unpaired) electrons. The molecule has 0 aliphatic heterocycles. The number of amides is 1. The van der Waals surface area contributed by atoms with Crippen molar-refractivity contribution in [1.29, 1.82) is 0 Å². The predicted molar refractivity (Wildman–Crippen MR) is 86.4 cm³/mol. The third-order valence-electron chi connectivity index (χ3n) is 3.74. The van der Waals surface area contributed by atoms with Crippen LogP contribution in [0.2, 0.25) is 0 Å². The molecule has 2 heterocycles. The summed E-state index contributed by atoms with van der Waals surface area (Å²) in [6.45, 7) is 3.56. The van der Waals surface area contributed by atoms with Crippen LogP contribution in [0.1, 0.15) is 41.2 Å². The molecule has 4 nitrogen and oxygen atoms in total. The number of hydrogen-bond acceptors (Lipinski definition) is 4. The lowest BCUT2D eigenvalue weighted by atomic mass is 10.1. The van der Waals surface area contributed by atoms with Crippen LogP contribution in [-0.2, 0) is 12.8 Å². The standard InChI is InChI=1S/C16H17N3OS/c1-4-16(2,3)19-14(20)13-12(17)10-8-9-6-5-7-11(9)18-15(10)21-13/h1,8H,5-7,17H2,2-3H3,(H,19,20). The quantitative estimate of drug-likeness (QED) is 0.837. The van der Waals surface area contributed by atoms with Gasteiger partial charge in [0.25, 0.3) is 5.91 Å². The van der Waals surface area contributed by atoms with Gasteiger partial charge in [-0.25, -0.2) is 4.98 Å². The number of carbonyl (C=O) groups excluding carboxylic acids is 1. The van der Waals surface area contributed by atoms with E-state index in [0.717, 1.165) is 35.2 Å². The van der Waals surface area contributed by atoms with E-state index in [2.05, 4.69) is 22.3 Å². The zero-order chi connectivity index (χ0) is 15.2. The van der Waals surface area contributed by atoms with E-state index in [4.69, 9.17) is 12.2 Å². The van der Waals surface area contributed by atoms with Crippen LogP contribution in [0.15, 0.2) is 6.07 Å². The first-order valence-electron chi connectivity index (χ1n) is 6.92. The highest BCUT2D eigenvalue weighted by Crippen LogP contribution is 2.35. The molecule has 2 aromatic rings. The smallest absolute Gasteiger partial charge is 0.264 e. The van der Waals surface area contributed by atoms with Gasteiger partial charge in [0.15, 0.2) is 0 Å². The molecular formula is C16H17N3OS. The molecule has 5 heteroatoms. The van der Waals surface area contributed by atoms with Gasteiger partial charge < -0.3 is 11.1 Å². The average Bonchev–Trinajstić information content (AvgIpc) is 3.01. The molecule has 2 aromatic heterocycles. The van der Waals surface area contributed by atoms with Crippen molar-refractivity contribution in [2.45, 2.75) is 38.6 Å². The van der Waals surface area contributed by atoms with E-state index in [1.165, 1.54) is 16.9 Å². The van der Waals surface area contributed by atoms with Gasteiger partial charge in [-0.2, -0.15) is 0 Å². The lowest BCUT2D eigenvalue weighted by Crippen LogP contribution is -2.41. The Hall–Kier alpha value is -2.06. The summed E-state index contributed by atoms with van der Waals surface area (Å²) in [4.78, 5) is 18.3. The highest BCUT2D eigenvalue weighted by molar-refractivity contribution is 7.21. The third-order valence-corrected chi connectivity index (χ3v) is 4.86. The van der Waals surface area contributed by atoms with Crippen molar-refractivity contribution in [3.05, 3.63) is 22.2 Å². The van der Waals surface area contributed by atoms with E-state index in [-0.39, 0.29) is 5.91 Å². The van der Waals surface area contributed by atoms with Gasteiger partial charge in [-0.1, -0.05) is 5.92 Å². The molecule has 1 amide bonds. The molecule has 3 N–H and O–H groups in total. The van der Waals surface area contributed by atoms with E-state index < -0.39 is 5.54 Å². The molecule has 0 spiro atoms. The number of aromatic nitrogens is 1. The number of rotatable bonds is 2. The summed E-state index contributed by atoms with van der Waals surface area (Å²) < 4.78 is 0. The lowest BCUT2D eigenvalue weighted by molar-refractivity contribution is 0.0935. The summed E-state index contributed by atoms with van der Waals surface area (Å²) in [7, 11) is 0.